The standard InChI is InChI=1S/C9H10BFO2/c11-9-4-7(6-1-2-6)3-8(5-9)10(12)13/h3-6,12-13H,1-2H2. The number of hydrogen-bond donors (Lipinski definition) is 2. The lowest BCUT2D eigenvalue weighted by atomic mass is 9.79. The monoisotopic (exact) mass is 180 g/mol. The Morgan fingerprint density at radius 3 is 2.46 bits per heavy atom. The maximum Gasteiger partial charge on any atom is 0.488 e. The topological polar surface area (TPSA) is 40.5 Å². The molecule has 0 unspecified atom stereocenters. The third-order valence-corrected chi connectivity index (χ3v) is 2.29. The molecule has 0 saturated heterocycles. The maximum atomic E-state index is 13.0. The van der Waals surface area contributed by atoms with Gasteiger partial charge in [-0.05, 0) is 41.9 Å². The van der Waals surface area contributed by atoms with Gasteiger partial charge in [-0.25, -0.2) is 4.39 Å². The summed E-state index contributed by atoms with van der Waals surface area (Å²) in [5.74, 6) is 0.0284. The predicted octanol–water partition coefficient (Wildman–Crippen LogP) is 0.383. The van der Waals surface area contributed by atoms with E-state index in [1.54, 1.807) is 6.07 Å². The molecule has 0 atom stereocenters. The van der Waals surface area contributed by atoms with E-state index in [1.807, 2.05) is 0 Å². The first-order chi connectivity index (χ1) is 6.16. The highest BCUT2D eigenvalue weighted by Crippen LogP contribution is 2.39. The van der Waals surface area contributed by atoms with Gasteiger partial charge in [0.2, 0.25) is 0 Å². The van der Waals surface area contributed by atoms with E-state index >= 15 is 0 Å². The van der Waals surface area contributed by atoms with Crippen LogP contribution >= 0.6 is 0 Å². The van der Waals surface area contributed by atoms with Crippen LogP contribution in [0.25, 0.3) is 0 Å². The molecular formula is C9H10BFO2. The smallest absolute Gasteiger partial charge is 0.423 e. The zero-order valence-electron chi connectivity index (χ0n) is 7.07. The molecule has 2 N–H and O–H groups in total. The van der Waals surface area contributed by atoms with Crippen LogP contribution in [0.15, 0.2) is 18.2 Å². The molecule has 1 aliphatic rings. The van der Waals surface area contributed by atoms with Gasteiger partial charge in [0.25, 0.3) is 0 Å². The largest absolute Gasteiger partial charge is 0.488 e. The van der Waals surface area contributed by atoms with Gasteiger partial charge in [-0.3, -0.25) is 0 Å². The third kappa shape index (κ3) is 1.90. The number of benzene rings is 1. The molecule has 0 spiro atoms. The molecule has 0 bridgehead atoms. The summed E-state index contributed by atoms with van der Waals surface area (Å²) in [7, 11) is -1.58. The Morgan fingerprint density at radius 1 is 1.23 bits per heavy atom. The summed E-state index contributed by atoms with van der Waals surface area (Å²) in [6, 6.07) is 4.27. The summed E-state index contributed by atoms with van der Waals surface area (Å²) in [5.41, 5.74) is 1.12. The van der Waals surface area contributed by atoms with Crippen LogP contribution in [-0.4, -0.2) is 17.2 Å². The van der Waals surface area contributed by atoms with Crippen LogP contribution in [0.5, 0.6) is 0 Å². The van der Waals surface area contributed by atoms with Gasteiger partial charge in [0.05, 0.1) is 0 Å². The molecule has 0 heterocycles. The first-order valence-corrected chi connectivity index (χ1v) is 4.33. The van der Waals surface area contributed by atoms with Crippen LogP contribution in [-0.2, 0) is 0 Å². The van der Waals surface area contributed by atoms with Crippen molar-refractivity contribution in [3.63, 3.8) is 0 Å². The van der Waals surface area contributed by atoms with E-state index in [1.165, 1.54) is 6.07 Å². The van der Waals surface area contributed by atoms with Crippen LogP contribution in [0.3, 0.4) is 0 Å². The maximum absolute atomic E-state index is 13.0. The Balaban J connectivity index is 2.36. The van der Waals surface area contributed by atoms with E-state index in [4.69, 9.17) is 10.0 Å². The van der Waals surface area contributed by atoms with Gasteiger partial charge in [0.1, 0.15) is 5.82 Å². The molecule has 1 aromatic carbocycles. The fourth-order valence-corrected chi connectivity index (χ4v) is 1.44. The Kier molecular flexibility index (Phi) is 2.10. The molecule has 68 valence electrons. The molecule has 1 fully saturated rings. The molecular weight excluding hydrogens is 170 g/mol. The second kappa shape index (κ2) is 3.12. The van der Waals surface area contributed by atoms with E-state index in [2.05, 4.69) is 0 Å². The van der Waals surface area contributed by atoms with Crippen molar-refractivity contribution in [2.24, 2.45) is 0 Å². The van der Waals surface area contributed by atoms with Crippen molar-refractivity contribution in [3.8, 4) is 0 Å². The number of hydrogen-bond acceptors (Lipinski definition) is 2. The molecule has 0 aliphatic heterocycles. The molecule has 1 saturated carbocycles. The minimum absolute atomic E-state index is 0.238. The van der Waals surface area contributed by atoms with Gasteiger partial charge < -0.3 is 10.0 Å². The van der Waals surface area contributed by atoms with E-state index in [0.717, 1.165) is 24.5 Å². The molecule has 0 aromatic heterocycles. The zero-order valence-corrected chi connectivity index (χ0v) is 7.07. The summed E-state index contributed by atoms with van der Waals surface area (Å²) >= 11 is 0. The van der Waals surface area contributed by atoms with Crippen molar-refractivity contribution in [3.05, 3.63) is 29.6 Å². The van der Waals surface area contributed by atoms with Crippen LogP contribution in [0.4, 0.5) is 4.39 Å². The Labute approximate surface area is 76.2 Å². The minimum Gasteiger partial charge on any atom is -0.423 e. The summed E-state index contributed by atoms with van der Waals surface area (Å²) < 4.78 is 13.0. The van der Waals surface area contributed by atoms with Crippen molar-refractivity contribution in [2.75, 3.05) is 0 Å². The van der Waals surface area contributed by atoms with Gasteiger partial charge in [-0.1, -0.05) is 6.07 Å². The quantitative estimate of drug-likeness (QED) is 0.646. The van der Waals surface area contributed by atoms with E-state index in [9.17, 15) is 4.39 Å². The van der Waals surface area contributed by atoms with Crippen molar-refractivity contribution in [1.29, 1.82) is 0 Å². The molecule has 4 heteroatoms. The fourth-order valence-electron chi connectivity index (χ4n) is 1.44. The molecule has 13 heavy (non-hydrogen) atoms. The summed E-state index contributed by atoms with van der Waals surface area (Å²) in [5, 5.41) is 17.7. The molecule has 0 radical (unpaired) electrons. The fraction of sp³-hybridized carbons (Fsp3) is 0.333. The van der Waals surface area contributed by atoms with Gasteiger partial charge in [0.15, 0.2) is 0 Å². The average Bonchev–Trinajstić information content (AvgIpc) is 2.85. The first kappa shape index (κ1) is 8.72. The van der Waals surface area contributed by atoms with E-state index < -0.39 is 12.9 Å². The van der Waals surface area contributed by atoms with Gasteiger partial charge in [0, 0.05) is 0 Å². The number of rotatable bonds is 2. The lowest BCUT2D eigenvalue weighted by molar-refractivity contribution is 0.425. The second-order valence-electron chi connectivity index (χ2n) is 3.47. The van der Waals surface area contributed by atoms with Crippen LogP contribution in [0.1, 0.15) is 24.3 Å². The van der Waals surface area contributed by atoms with E-state index in [0.29, 0.717) is 5.92 Å². The Morgan fingerprint density at radius 2 is 1.92 bits per heavy atom. The summed E-state index contributed by atoms with van der Waals surface area (Å²) in [6.45, 7) is 0. The summed E-state index contributed by atoms with van der Waals surface area (Å²) in [6.07, 6.45) is 2.15. The minimum atomic E-state index is -1.58. The molecule has 2 nitrogen and oxygen atoms in total. The molecule has 2 rings (SSSR count). The highest BCUT2D eigenvalue weighted by Gasteiger charge is 2.25. The molecule has 1 aromatic rings. The summed E-state index contributed by atoms with van der Waals surface area (Å²) in [4.78, 5) is 0. The normalized spacial score (nSPS) is 15.9. The van der Waals surface area contributed by atoms with Crippen LogP contribution < -0.4 is 5.46 Å². The Hall–Kier alpha value is -0.865. The second-order valence-corrected chi connectivity index (χ2v) is 3.47. The van der Waals surface area contributed by atoms with Crippen molar-refractivity contribution >= 4 is 12.6 Å². The lowest BCUT2D eigenvalue weighted by Crippen LogP contribution is -2.30. The average molecular weight is 180 g/mol. The zero-order chi connectivity index (χ0) is 9.42. The Bertz CT molecular complexity index is 303. The first-order valence-electron chi connectivity index (χ1n) is 4.33. The van der Waals surface area contributed by atoms with Crippen molar-refractivity contribution in [2.45, 2.75) is 18.8 Å². The van der Waals surface area contributed by atoms with Crippen LogP contribution in [0, 0.1) is 5.82 Å². The van der Waals surface area contributed by atoms with Crippen LogP contribution in [0.2, 0.25) is 0 Å². The van der Waals surface area contributed by atoms with Gasteiger partial charge >= 0.3 is 7.12 Å². The van der Waals surface area contributed by atoms with Crippen molar-refractivity contribution < 1.29 is 14.4 Å². The van der Waals surface area contributed by atoms with E-state index in [-0.39, 0.29) is 5.46 Å². The highest BCUT2D eigenvalue weighted by molar-refractivity contribution is 6.58. The highest BCUT2D eigenvalue weighted by atomic mass is 19.1. The number of halogens is 1. The van der Waals surface area contributed by atoms with Crippen molar-refractivity contribution in [1.82, 2.24) is 0 Å². The SMILES string of the molecule is OB(O)c1cc(F)cc(C2CC2)c1. The predicted molar refractivity (Wildman–Crippen MR) is 48.2 cm³/mol. The third-order valence-electron chi connectivity index (χ3n) is 2.29. The molecule has 0 amide bonds. The molecule has 1 aliphatic carbocycles. The van der Waals surface area contributed by atoms with Gasteiger partial charge in [-0.2, -0.15) is 0 Å². The lowest BCUT2D eigenvalue weighted by Gasteiger charge is -2.03. The van der Waals surface area contributed by atoms with Gasteiger partial charge in [-0.15, -0.1) is 0 Å².